The lowest BCUT2D eigenvalue weighted by Gasteiger charge is -2.34. The number of sulfonamides is 1. The number of aliphatic carboxylic acids is 1. The summed E-state index contributed by atoms with van der Waals surface area (Å²) in [4.78, 5) is 11.6. The minimum atomic E-state index is -3.85. The van der Waals surface area contributed by atoms with Crippen molar-refractivity contribution in [2.45, 2.75) is 49.7 Å². The molecule has 2 atom stereocenters. The number of methoxy groups -OCH3 is 1. The largest absolute Gasteiger partial charge is 0.497 e. The Hall–Kier alpha value is -2.14. The summed E-state index contributed by atoms with van der Waals surface area (Å²) in [6, 6.07) is 6.01. The molecule has 1 aliphatic carbocycles. The van der Waals surface area contributed by atoms with Crippen molar-refractivity contribution >= 4 is 16.0 Å². The number of ether oxygens (including phenoxy) is 3. The second-order valence-corrected chi connectivity index (χ2v) is 10.3. The zero-order valence-electron chi connectivity index (χ0n) is 18.9. The molecule has 1 aromatic rings. The number of allylic oxidation sites excluding steroid dienone is 1. The van der Waals surface area contributed by atoms with Crippen LogP contribution in [0.1, 0.15) is 38.5 Å². The van der Waals surface area contributed by atoms with Crippen molar-refractivity contribution in [3.8, 4) is 5.75 Å². The van der Waals surface area contributed by atoms with E-state index in [1.807, 2.05) is 0 Å². The van der Waals surface area contributed by atoms with E-state index >= 15 is 0 Å². The Kier molecular flexibility index (Phi) is 9.13. The van der Waals surface area contributed by atoms with Gasteiger partial charge in [-0.15, -0.1) is 0 Å². The van der Waals surface area contributed by atoms with Crippen molar-refractivity contribution in [1.29, 1.82) is 0 Å². The maximum absolute atomic E-state index is 13.0. The molecule has 2 N–H and O–H groups in total. The van der Waals surface area contributed by atoms with Crippen molar-refractivity contribution in [3.05, 3.63) is 36.1 Å². The van der Waals surface area contributed by atoms with E-state index in [4.69, 9.17) is 14.2 Å². The average molecular weight is 484 g/mol. The molecule has 33 heavy (non-hydrogen) atoms. The number of hydrogen-bond acceptors (Lipinski definition) is 7. The van der Waals surface area contributed by atoms with Gasteiger partial charge in [0.25, 0.3) is 0 Å². The first kappa shape index (κ1) is 25.5. The highest BCUT2D eigenvalue weighted by molar-refractivity contribution is 7.89. The van der Waals surface area contributed by atoms with E-state index in [0.29, 0.717) is 18.1 Å². The van der Waals surface area contributed by atoms with Crippen LogP contribution in [0.2, 0.25) is 0 Å². The Balaban J connectivity index is 1.63. The van der Waals surface area contributed by atoms with Gasteiger partial charge in [0.1, 0.15) is 5.75 Å². The normalized spacial score (nSPS) is 22.0. The van der Waals surface area contributed by atoms with Crippen LogP contribution in [-0.2, 0) is 24.3 Å². The number of hydrogen-bond donors (Lipinski definition) is 2. The van der Waals surface area contributed by atoms with Gasteiger partial charge in [-0.05, 0) is 55.0 Å². The van der Waals surface area contributed by atoms with E-state index in [0.717, 1.165) is 30.0 Å². The van der Waals surface area contributed by atoms with E-state index in [9.17, 15) is 23.4 Å². The summed E-state index contributed by atoms with van der Waals surface area (Å²) in [7, 11) is -2.36. The molecule has 0 bridgehead atoms. The minimum absolute atomic E-state index is 0.00430. The minimum Gasteiger partial charge on any atom is -0.497 e. The molecular weight excluding hydrogens is 450 g/mol. The number of carboxylic acids is 1. The van der Waals surface area contributed by atoms with Gasteiger partial charge in [0.05, 0.1) is 25.2 Å². The average Bonchev–Trinajstić information content (AvgIpc) is 2.83. The third-order valence-electron chi connectivity index (χ3n) is 6.25. The van der Waals surface area contributed by atoms with Gasteiger partial charge in [0, 0.05) is 19.5 Å². The van der Waals surface area contributed by atoms with Gasteiger partial charge in [-0.25, -0.2) is 13.2 Å². The van der Waals surface area contributed by atoms with Gasteiger partial charge >= 0.3 is 5.97 Å². The van der Waals surface area contributed by atoms with Crippen molar-refractivity contribution in [2.75, 3.05) is 33.4 Å². The molecule has 0 saturated heterocycles. The molecule has 0 aromatic heterocycles. The lowest BCUT2D eigenvalue weighted by Crippen LogP contribution is -2.38. The predicted octanol–water partition coefficient (Wildman–Crippen LogP) is 2.61. The van der Waals surface area contributed by atoms with Crippen molar-refractivity contribution in [1.82, 2.24) is 4.31 Å². The molecule has 1 aromatic carbocycles. The van der Waals surface area contributed by atoms with Crippen LogP contribution in [0, 0.1) is 11.8 Å². The van der Waals surface area contributed by atoms with Gasteiger partial charge in [0.15, 0.2) is 0 Å². The molecule has 9 nitrogen and oxygen atoms in total. The van der Waals surface area contributed by atoms with Crippen LogP contribution in [0.5, 0.6) is 5.75 Å². The fourth-order valence-corrected chi connectivity index (χ4v) is 5.89. The van der Waals surface area contributed by atoms with Crippen LogP contribution in [-0.4, -0.2) is 68.6 Å². The first-order valence-electron chi connectivity index (χ1n) is 11.3. The van der Waals surface area contributed by atoms with Gasteiger partial charge in [-0.3, -0.25) is 0 Å². The zero-order valence-corrected chi connectivity index (χ0v) is 19.7. The lowest BCUT2D eigenvalue weighted by atomic mass is 9.77. The van der Waals surface area contributed by atoms with E-state index in [2.05, 4.69) is 0 Å². The monoisotopic (exact) mass is 483 g/mol. The number of benzene rings is 1. The first-order chi connectivity index (χ1) is 15.8. The number of aliphatic hydroxyl groups is 1. The van der Waals surface area contributed by atoms with E-state index < -0.39 is 22.3 Å². The van der Waals surface area contributed by atoms with Gasteiger partial charge < -0.3 is 24.4 Å². The predicted molar refractivity (Wildman–Crippen MR) is 120 cm³/mol. The standard InChI is InChI=1S/C23H33NO8S/c1-30-19-7-9-20(10-8-19)33(28,29)24(11-13-25)12-14-31-22-16-18(15-21(32-22)23(26)27)17-5-3-2-4-6-17/h7-10,15,17-18,22,25H,2-6,11-14,16H2,1H3,(H,26,27)/t18-,22+/m1/s1. The fraction of sp³-hybridized carbons (Fsp3) is 0.609. The van der Waals surface area contributed by atoms with Crippen LogP contribution in [0.3, 0.4) is 0 Å². The summed E-state index contributed by atoms with van der Waals surface area (Å²) in [5.74, 6) is -0.237. The Morgan fingerprint density at radius 1 is 1.15 bits per heavy atom. The molecule has 184 valence electrons. The fourth-order valence-electron chi connectivity index (χ4n) is 4.47. The number of nitrogens with zero attached hydrogens (tertiary/aromatic N) is 1. The van der Waals surface area contributed by atoms with Gasteiger partial charge in [-0.1, -0.05) is 19.3 Å². The summed E-state index contributed by atoms with van der Waals surface area (Å²) in [6.07, 6.45) is 7.09. The van der Waals surface area contributed by atoms with Crippen LogP contribution in [0.4, 0.5) is 0 Å². The molecule has 0 radical (unpaired) electrons. The van der Waals surface area contributed by atoms with Crippen LogP contribution >= 0.6 is 0 Å². The molecule has 1 aliphatic heterocycles. The van der Waals surface area contributed by atoms with Crippen molar-refractivity contribution in [3.63, 3.8) is 0 Å². The number of carbonyl (C=O) groups is 1. The summed E-state index contributed by atoms with van der Waals surface area (Å²) >= 11 is 0. The summed E-state index contributed by atoms with van der Waals surface area (Å²) in [5.41, 5.74) is 0. The maximum Gasteiger partial charge on any atom is 0.370 e. The zero-order chi connectivity index (χ0) is 23.8. The molecule has 0 unspecified atom stereocenters. The highest BCUT2D eigenvalue weighted by Gasteiger charge is 2.33. The quantitative estimate of drug-likeness (QED) is 0.492. The van der Waals surface area contributed by atoms with Gasteiger partial charge in [-0.2, -0.15) is 4.31 Å². The van der Waals surface area contributed by atoms with Crippen LogP contribution in [0.25, 0.3) is 0 Å². The second kappa shape index (κ2) is 11.8. The topological polar surface area (TPSA) is 123 Å². The number of aliphatic hydroxyl groups excluding tert-OH is 1. The van der Waals surface area contributed by atoms with E-state index in [1.54, 1.807) is 18.2 Å². The molecule has 2 aliphatic rings. The maximum atomic E-state index is 13.0. The van der Waals surface area contributed by atoms with E-state index in [1.165, 1.54) is 25.7 Å². The van der Waals surface area contributed by atoms with Crippen LogP contribution in [0.15, 0.2) is 41.0 Å². The Bertz CT molecular complexity index is 909. The van der Waals surface area contributed by atoms with Gasteiger partial charge in [0.2, 0.25) is 22.1 Å². The lowest BCUT2D eigenvalue weighted by molar-refractivity contribution is -0.161. The molecule has 1 fully saturated rings. The molecule has 0 spiro atoms. The first-order valence-corrected chi connectivity index (χ1v) is 12.8. The smallest absolute Gasteiger partial charge is 0.370 e. The molecular formula is C23H33NO8S. The number of rotatable bonds is 11. The molecule has 1 heterocycles. The molecule has 1 saturated carbocycles. The van der Waals surface area contributed by atoms with Crippen molar-refractivity contribution < 1.29 is 37.6 Å². The summed E-state index contributed by atoms with van der Waals surface area (Å²) in [6.45, 7) is -0.432. The molecule has 10 heteroatoms. The highest BCUT2D eigenvalue weighted by Crippen LogP contribution is 2.37. The Morgan fingerprint density at radius 2 is 1.85 bits per heavy atom. The second-order valence-electron chi connectivity index (χ2n) is 8.36. The molecule has 0 amide bonds. The van der Waals surface area contributed by atoms with E-state index in [-0.39, 0.29) is 42.9 Å². The highest BCUT2D eigenvalue weighted by atomic mass is 32.2. The van der Waals surface area contributed by atoms with Crippen LogP contribution < -0.4 is 4.74 Å². The van der Waals surface area contributed by atoms with Crippen molar-refractivity contribution in [2.24, 2.45) is 11.8 Å². The number of carboxylic acid groups (broad SMARTS) is 1. The SMILES string of the molecule is COc1ccc(S(=O)(=O)N(CCO)CCO[C@@H]2C[C@H](C3CCCCC3)C=C(C(=O)O)O2)cc1. The Labute approximate surface area is 195 Å². The summed E-state index contributed by atoms with van der Waals surface area (Å²) < 4.78 is 43.5. The molecule has 3 rings (SSSR count). The third-order valence-corrected chi connectivity index (χ3v) is 8.16. The Morgan fingerprint density at radius 3 is 2.45 bits per heavy atom. The summed E-state index contributed by atoms with van der Waals surface area (Å²) in [5, 5.41) is 18.8. The third kappa shape index (κ3) is 6.69.